The first-order valence-corrected chi connectivity index (χ1v) is 9.71. The number of hydrogen-bond donors (Lipinski definition) is 3. The molecule has 3 N–H and O–H groups in total. The van der Waals surface area contributed by atoms with Gasteiger partial charge in [0.1, 0.15) is 11.4 Å². The second kappa shape index (κ2) is 8.05. The molecular formula is C21H22ClN5O2. The number of amides is 2. The molecule has 0 aliphatic carbocycles. The van der Waals surface area contributed by atoms with E-state index in [0.717, 1.165) is 34.5 Å². The summed E-state index contributed by atoms with van der Waals surface area (Å²) in [4.78, 5) is 21.4. The highest BCUT2D eigenvalue weighted by molar-refractivity contribution is 6.32. The number of fused-ring (bicyclic) bond motifs is 1. The molecule has 3 heterocycles. The first-order chi connectivity index (χ1) is 14.1. The van der Waals surface area contributed by atoms with Crippen LogP contribution in [0.3, 0.4) is 0 Å². The van der Waals surface area contributed by atoms with Crippen LogP contribution in [0.2, 0.25) is 5.02 Å². The van der Waals surface area contributed by atoms with E-state index in [1.807, 2.05) is 18.2 Å². The Morgan fingerprint density at radius 1 is 1.31 bits per heavy atom. The highest BCUT2D eigenvalue weighted by atomic mass is 35.5. The van der Waals surface area contributed by atoms with Crippen molar-refractivity contribution in [3.05, 3.63) is 53.3 Å². The maximum Gasteiger partial charge on any atom is 0.317 e. The van der Waals surface area contributed by atoms with Crippen molar-refractivity contribution in [3.63, 3.8) is 0 Å². The summed E-state index contributed by atoms with van der Waals surface area (Å²) in [5.41, 5.74) is 4.82. The maximum atomic E-state index is 11.8. The normalized spacial score (nSPS) is 13.9. The topological polar surface area (TPSA) is 82.3 Å². The second-order valence-corrected chi connectivity index (χ2v) is 7.17. The average molecular weight is 412 g/mol. The van der Waals surface area contributed by atoms with Gasteiger partial charge in [-0.3, -0.25) is 0 Å². The van der Waals surface area contributed by atoms with E-state index in [1.165, 1.54) is 5.57 Å². The van der Waals surface area contributed by atoms with Crippen LogP contribution in [-0.4, -0.2) is 48.1 Å². The number of carbonyl (C=O) groups is 1. The molecule has 2 aromatic heterocycles. The molecule has 0 fully saturated rings. The molecule has 0 radical (unpaired) electrons. The Morgan fingerprint density at radius 2 is 2.17 bits per heavy atom. The van der Waals surface area contributed by atoms with Gasteiger partial charge >= 0.3 is 6.03 Å². The fourth-order valence-corrected chi connectivity index (χ4v) is 3.65. The fraction of sp³-hybridized carbons (Fsp3) is 0.238. The van der Waals surface area contributed by atoms with Crippen molar-refractivity contribution in [2.45, 2.75) is 6.42 Å². The number of methoxy groups -OCH3 is 1. The summed E-state index contributed by atoms with van der Waals surface area (Å²) in [6.07, 6.45) is 4.64. The first-order valence-electron chi connectivity index (χ1n) is 9.33. The van der Waals surface area contributed by atoms with Gasteiger partial charge in [0.2, 0.25) is 0 Å². The maximum absolute atomic E-state index is 11.8. The molecule has 0 bridgehead atoms. The Bertz CT molecular complexity index is 1090. The largest absolute Gasteiger partial charge is 0.495 e. The molecule has 1 aliphatic rings. The number of nitrogens with one attached hydrogen (secondary N) is 3. The molecule has 3 aromatic rings. The zero-order valence-corrected chi connectivity index (χ0v) is 17.0. The number of H-pyrrole nitrogens is 1. The lowest BCUT2D eigenvalue weighted by Crippen LogP contribution is -2.40. The molecule has 4 rings (SSSR count). The number of rotatable bonds is 4. The van der Waals surface area contributed by atoms with Crippen LogP contribution in [0.25, 0.3) is 16.6 Å². The van der Waals surface area contributed by atoms with E-state index in [4.69, 9.17) is 16.3 Å². The number of halogens is 1. The Labute approximate surface area is 173 Å². The van der Waals surface area contributed by atoms with Crippen LogP contribution in [0.1, 0.15) is 12.1 Å². The predicted molar refractivity (Wildman–Crippen MR) is 116 cm³/mol. The number of urea groups is 1. The van der Waals surface area contributed by atoms with E-state index in [9.17, 15) is 4.79 Å². The molecular weight excluding hydrogens is 390 g/mol. The van der Waals surface area contributed by atoms with Gasteiger partial charge in [0.15, 0.2) is 0 Å². The van der Waals surface area contributed by atoms with E-state index in [1.54, 1.807) is 31.3 Å². The van der Waals surface area contributed by atoms with Gasteiger partial charge in [0, 0.05) is 49.2 Å². The molecule has 2 amide bonds. The van der Waals surface area contributed by atoms with Crippen LogP contribution >= 0.6 is 11.6 Å². The van der Waals surface area contributed by atoms with Gasteiger partial charge in [0.25, 0.3) is 0 Å². The quantitative estimate of drug-likeness (QED) is 0.594. The monoisotopic (exact) mass is 411 g/mol. The van der Waals surface area contributed by atoms with Gasteiger partial charge in [-0.25, -0.2) is 9.78 Å². The van der Waals surface area contributed by atoms with Crippen molar-refractivity contribution in [1.82, 2.24) is 20.2 Å². The molecule has 0 saturated heterocycles. The lowest BCUT2D eigenvalue weighted by molar-refractivity contribution is 0.205. The fourth-order valence-electron chi connectivity index (χ4n) is 3.46. The van der Waals surface area contributed by atoms with Gasteiger partial charge in [-0.15, -0.1) is 0 Å². The number of carbonyl (C=O) groups excluding carboxylic acids is 1. The Balaban J connectivity index is 1.61. The summed E-state index contributed by atoms with van der Waals surface area (Å²) in [5, 5.41) is 7.64. The molecule has 1 aromatic carbocycles. The third kappa shape index (κ3) is 3.86. The number of hydrogen-bond acceptors (Lipinski definition) is 4. The van der Waals surface area contributed by atoms with Gasteiger partial charge in [-0.1, -0.05) is 17.7 Å². The molecule has 8 heteroatoms. The van der Waals surface area contributed by atoms with Gasteiger partial charge in [0.05, 0.1) is 17.8 Å². The van der Waals surface area contributed by atoms with E-state index in [-0.39, 0.29) is 6.03 Å². The average Bonchev–Trinajstić information content (AvgIpc) is 3.20. The lowest BCUT2D eigenvalue weighted by Gasteiger charge is -2.25. The number of aromatic nitrogens is 2. The van der Waals surface area contributed by atoms with Crippen molar-refractivity contribution < 1.29 is 9.53 Å². The van der Waals surface area contributed by atoms with E-state index in [0.29, 0.717) is 23.9 Å². The highest BCUT2D eigenvalue weighted by Gasteiger charge is 2.18. The van der Waals surface area contributed by atoms with E-state index < -0.39 is 0 Å². The molecule has 29 heavy (non-hydrogen) atoms. The van der Waals surface area contributed by atoms with Gasteiger partial charge < -0.3 is 25.3 Å². The van der Waals surface area contributed by atoms with E-state index >= 15 is 0 Å². The van der Waals surface area contributed by atoms with Crippen LogP contribution < -0.4 is 15.4 Å². The number of pyridine rings is 1. The number of nitrogens with zero attached hydrogens (tertiary/aromatic N) is 2. The van der Waals surface area contributed by atoms with Crippen molar-refractivity contribution >= 4 is 45.6 Å². The predicted octanol–water partition coefficient (Wildman–Crippen LogP) is 4.40. The molecule has 0 unspecified atom stereocenters. The third-order valence-corrected chi connectivity index (χ3v) is 5.33. The zero-order chi connectivity index (χ0) is 20.4. The third-order valence-electron chi connectivity index (χ3n) is 5.02. The second-order valence-electron chi connectivity index (χ2n) is 6.76. The zero-order valence-electron chi connectivity index (χ0n) is 16.3. The summed E-state index contributed by atoms with van der Waals surface area (Å²) in [6, 6.07) is 9.54. The molecule has 0 spiro atoms. The van der Waals surface area contributed by atoms with Crippen molar-refractivity contribution in [2.24, 2.45) is 0 Å². The Morgan fingerprint density at radius 3 is 2.90 bits per heavy atom. The Kier molecular flexibility index (Phi) is 5.31. The minimum atomic E-state index is -0.0523. The van der Waals surface area contributed by atoms with Crippen LogP contribution in [0.5, 0.6) is 5.75 Å². The van der Waals surface area contributed by atoms with E-state index in [2.05, 4.69) is 32.7 Å². The number of benzene rings is 1. The molecule has 0 saturated carbocycles. The van der Waals surface area contributed by atoms with Crippen molar-refractivity contribution in [1.29, 1.82) is 0 Å². The molecule has 7 nitrogen and oxygen atoms in total. The van der Waals surface area contributed by atoms with Gasteiger partial charge in [-0.2, -0.15) is 0 Å². The molecule has 0 atom stereocenters. The SMILES string of the molecule is CNC(=O)N1CC=C(c2cc3c(Nc4ccc(Cl)c(OC)c4)ccnc3[nH]2)CC1. The molecule has 1 aliphatic heterocycles. The van der Waals surface area contributed by atoms with Gasteiger partial charge in [-0.05, 0) is 36.3 Å². The minimum absolute atomic E-state index is 0.0523. The number of anilines is 2. The minimum Gasteiger partial charge on any atom is -0.495 e. The summed E-state index contributed by atoms with van der Waals surface area (Å²) in [6.45, 7) is 1.28. The first kappa shape index (κ1) is 19.1. The number of aromatic amines is 1. The molecule has 150 valence electrons. The van der Waals surface area contributed by atoms with Crippen LogP contribution in [0.4, 0.5) is 16.2 Å². The summed E-state index contributed by atoms with van der Waals surface area (Å²) in [5.74, 6) is 0.616. The Hall–Kier alpha value is -3.19. The summed E-state index contributed by atoms with van der Waals surface area (Å²) < 4.78 is 5.30. The van der Waals surface area contributed by atoms with Crippen LogP contribution in [0.15, 0.2) is 42.6 Å². The lowest BCUT2D eigenvalue weighted by atomic mass is 10.0. The van der Waals surface area contributed by atoms with Crippen LogP contribution in [0, 0.1) is 0 Å². The summed E-state index contributed by atoms with van der Waals surface area (Å²) >= 11 is 6.12. The van der Waals surface area contributed by atoms with Crippen molar-refractivity contribution in [2.75, 3.05) is 32.6 Å². The standard InChI is InChI=1S/C21H22ClN5O2/c1-23-21(28)27-9-6-13(7-10-27)18-12-15-17(5-8-24-20(15)26-18)25-14-3-4-16(22)19(11-14)29-2/h3-6,8,11-12H,7,9-10H2,1-2H3,(H,23,28)(H2,24,25,26). The smallest absolute Gasteiger partial charge is 0.317 e. The van der Waals surface area contributed by atoms with Crippen molar-refractivity contribution in [3.8, 4) is 5.75 Å². The highest BCUT2D eigenvalue weighted by Crippen LogP contribution is 2.33. The van der Waals surface area contributed by atoms with Crippen LogP contribution in [-0.2, 0) is 0 Å². The number of ether oxygens (including phenoxy) is 1. The summed E-state index contributed by atoms with van der Waals surface area (Å²) in [7, 11) is 3.24.